The molecule has 0 radical (unpaired) electrons. The minimum absolute atomic E-state index is 1.12. The van der Waals surface area contributed by atoms with E-state index in [-0.39, 0.29) is 0 Å². The summed E-state index contributed by atoms with van der Waals surface area (Å²) in [5.41, 5.74) is 0. The summed E-state index contributed by atoms with van der Waals surface area (Å²) in [7, 11) is 0. The normalized spacial score (nSPS) is 49.6. The molecule has 2 bridgehead atoms. The van der Waals surface area contributed by atoms with Gasteiger partial charge in [0.15, 0.2) is 0 Å². The fraction of sp³-hybridized carbons (Fsp3) is 1.00. The zero-order valence-corrected chi connectivity index (χ0v) is 7.13. The molecule has 1 heteroatoms. The Kier molecular flexibility index (Phi) is 1.31. The molecule has 1 aliphatic carbocycles. The molecular formula is C10H17N. The maximum absolute atomic E-state index is 2.68. The second-order valence-electron chi connectivity index (χ2n) is 4.64. The van der Waals surface area contributed by atoms with Crippen LogP contribution in [-0.2, 0) is 0 Å². The fourth-order valence-corrected chi connectivity index (χ4v) is 3.07. The second kappa shape index (κ2) is 2.22. The third kappa shape index (κ3) is 1.01. The third-order valence-electron chi connectivity index (χ3n) is 3.93. The van der Waals surface area contributed by atoms with Gasteiger partial charge in [0.2, 0.25) is 0 Å². The van der Waals surface area contributed by atoms with Crippen LogP contribution < -0.4 is 0 Å². The lowest BCUT2D eigenvalue weighted by Gasteiger charge is -2.45. The van der Waals surface area contributed by atoms with E-state index in [0.29, 0.717) is 0 Å². The molecule has 1 unspecified atom stereocenters. The van der Waals surface area contributed by atoms with E-state index < -0.39 is 0 Å². The third-order valence-corrected chi connectivity index (χ3v) is 3.93. The first-order valence-corrected chi connectivity index (χ1v) is 5.16. The van der Waals surface area contributed by atoms with Crippen molar-refractivity contribution in [3.8, 4) is 0 Å². The highest BCUT2D eigenvalue weighted by Gasteiger charge is 2.42. The maximum atomic E-state index is 2.68. The van der Waals surface area contributed by atoms with Gasteiger partial charge < -0.3 is 4.90 Å². The van der Waals surface area contributed by atoms with E-state index in [1.807, 2.05) is 0 Å². The molecule has 62 valence electrons. The van der Waals surface area contributed by atoms with Crippen LogP contribution in [0.3, 0.4) is 0 Å². The van der Waals surface area contributed by atoms with Gasteiger partial charge in [-0.15, -0.1) is 0 Å². The van der Waals surface area contributed by atoms with E-state index in [1.54, 1.807) is 12.8 Å². The molecule has 0 aromatic carbocycles. The van der Waals surface area contributed by atoms with Crippen LogP contribution in [0.1, 0.15) is 25.7 Å². The molecule has 4 aliphatic rings. The van der Waals surface area contributed by atoms with E-state index in [9.17, 15) is 0 Å². The van der Waals surface area contributed by atoms with Crippen molar-refractivity contribution in [1.82, 2.24) is 4.90 Å². The predicted molar refractivity (Wildman–Crippen MR) is 45.4 cm³/mol. The molecule has 4 fully saturated rings. The Morgan fingerprint density at radius 2 is 1.45 bits per heavy atom. The molecule has 0 aromatic rings. The molecule has 0 N–H and O–H groups in total. The number of rotatable bonds is 1. The summed E-state index contributed by atoms with van der Waals surface area (Å²) in [5.74, 6) is 3.41. The fourth-order valence-electron chi connectivity index (χ4n) is 3.07. The van der Waals surface area contributed by atoms with E-state index in [1.165, 1.54) is 32.5 Å². The number of hydrogen-bond donors (Lipinski definition) is 0. The van der Waals surface area contributed by atoms with Crippen molar-refractivity contribution in [2.24, 2.45) is 17.8 Å². The van der Waals surface area contributed by atoms with Gasteiger partial charge in [0.25, 0.3) is 0 Å². The molecule has 1 nitrogen and oxygen atoms in total. The molecule has 1 saturated carbocycles. The largest absolute Gasteiger partial charge is 0.303 e. The standard InChI is InChI=1S/C10H17N/c1-2-8(1)10-7-11-5-3-9(10)4-6-11/h8-10H,1-7H2. The zero-order chi connectivity index (χ0) is 7.26. The van der Waals surface area contributed by atoms with Gasteiger partial charge in [-0.2, -0.15) is 0 Å². The van der Waals surface area contributed by atoms with Gasteiger partial charge in [-0.05, 0) is 56.5 Å². The highest BCUT2D eigenvalue weighted by atomic mass is 15.1. The van der Waals surface area contributed by atoms with Crippen molar-refractivity contribution in [2.75, 3.05) is 19.6 Å². The Morgan fingerprint density at radius 1 is 0.818 bits per heavy atom. The molecule has 11 heavy (non-hydrogen) atoms. The smallest absolute Gasteiger partial charge is 0.00150 e. The van der Waals surface area contributed by atoms with Crippen molar-refractivity contribution >= 4 is 0 Å². The molecule has 0 spiro atoms. The van der Waals surface area contributed by atoms with Gasteiger partial charge in [-0.1, -0.05) is 0 Å². The zero-order valence-electron chi connectivity index (χ0n) is 7.13. The van der Waals surface area contributed by atoms with Crippen LogP contribution in [0.2, 0.25) is 0 Å². The molecule has 0 amide bonds. The molecule has 4 rings (SSSR count). The quantitative estimate of drug-likeness (QED) is 0.552. The van der Waals surface area contributed by atoms with Crippen LogP contribution in [0.5, 0.6) is 0 Å². The summed E-state index contributed by atoms with van der Waals surface area (Å²) in [6.45, 7) is 4.27. The molecule has 3 aliphatic heterocycles. The summed E-state index contributed by atoms with van der Waals surface area (Å²) in [6.07, 6.45) is 6.13. The topological polar surface area (TPSA) is 3.24 Å². The van der Waals surface area contributed by atoms with Gasteiger partial charge in [-0.3, -0.25) is 0 Å². The van der Waals surface area contributed by atoms with Gasteiger partial charge in [-0.25, -0.2) is 0 Å². The molecular weight excluding hydrogens is 134 g/mol. The maximum Gasteiger partial charge on any atom is 0.00150 e. The highest BCUT2D eigenvalue weighted by molar-refractivity contribution is 4.94. The Balaban J connectivity index is 1.75. The highest BCUT2D eigenvalue weighted by Crippen LogP contribution is 2.46. The first-order valence-electron chi connectivity index (χ1n) is 5.16. The van der Waals surface area contributed by atoms with E-state index in [2.05, 4.69) is 4.90 Å². The Hall–Kier alpha value is -0.0400. The Morgan fingerprint density at radius 3 is 1.91 bits per heavy atom. The lowest BCUT2D eigenvalue weighted by Crippen LogP contribution is -2.48. The van der Waals surface area contributed by atoms with Gasteiger partial charge in [0.1, 0.15) is 0 Å². The Bertz CT molecular complexity index is 154. The van der Waals surface area contributed by atoms with E-state index >= 15 is 0 Å². The van der Waals surface area contributed by atoms with Crippen LogP contribution in [0.15, 0.2) is 0 Å². The molecule has 0 aromatic heterocycles. The van der Waals surface area contributed by atoms with Crippen LogP contribution in [-0.4, -0.2) is 24.5 Å². The summed E-state index contributed by atoms with van der Waals surface area (Å²) >= 11 is 0. The first-order chi connectivity index (χ1) is 5.43. The summed E-state index contributed by atoms with van der Waals surface area (Å²) in [4.78, 5) is 2.68. The van der Waals surface area contributed by atoms with Crippen LogP contribution in [0.4, 0.5) is 0 Å². The number of nitrogens with zero attached hydrogens (tertiary/aromatic N) is 1. The second-order valence-corrected chi connectivity index (χ2v) is 4.64. The number of fused-ring (bicyclic) bond motifs is 3. The van der Waals surface area contributed by atoms with Crippen molar-refractivity contribution < 1.29 is 0 Å². The van der Waals surface area contributed by atoms with Gasteiger partial charge >= 0.3 is 0 Å². The predicted octanol–water partition coefficient (Wildman–Crippen LogP) is 1.74. The number of piperidine rings is 3. The van der Waals surface area contributed by atoms with Gasteiger partial charge in [0, 0.05) is 6.54 Å². The lowest BCUT2D eigenvalue weighted by molar-refractivity contribution is 0.0399. The first kappa shape index (κ1) is 6.47. The van der Waals surface area contributed by atoms with Crippen molar-refractivity contribution in [3.63, 3.8) is 0 Å². The van der Waals surface area contributed by atoms with Crippen molar-refractivity contribution in [1.29, 1.82) is 0 Å². The van der Waals surface area contributed by atoms with Gasteiger partial charge in [0.05, 0.1) is 0 Å². The minimum Gasteiger partial charge on any atom is -0.303 e. The van der Waals surface area contributed by atoms with Crippen LogP contribution >= 0.6 is 0 Å². The van der Waals surface area contributed by atoms with Crippen molar-refractivity contribution in [3.05, 3.63) is 0 Å². The average molecular weight is 151 g/mol. The monoisotopic (exact) mass is 151 g/mol. The van der Waals surface area contributed by atoms with E-state index in [0.717, 1.165) is 17.8 Å². The lowest BCUT2D eigenvalue weighted by atomic mass is 9.76. The van der Waals surface area contributed by atoms with Crippen molar-refractivity contribution in [2.45, 2.75) is 25.7 Å². The average Bonchev–Trinajstić information content (AvgIpc) is 2.89. The van der Waals surface area contributed by atoms with Crippen LogP contribution in [0, 0.1) is 17.8 Å². The minimum atomic E-state index is 1.12. The summed E-state index contributed by atoms with van der Waals surface area (Å²) < 4.78 is 0. The number of hydrogen-bond acceptors (Lipinski definition) is 1. The Labute approximate surface area is 68.8 Å². The molecule has 3 saturated heterocycles. The molecule has 3 heterocycles. The summed E-state index contributed by atoms with van der Waals surface area (Å²) in [5, 5.41) is 0. The molecule has 1 atom stereocenters. The SMILES string of the molecule is C1CC1C1CN2CCC1CC2. The summed E-state index contributed by atoms with van der Waals surface area (Å²) in [6, 6.07) is 0. The van der Waals surface area contributed by atoms with E-state index in [4.69, 9.17) is 0 Å². The van der Waals surface area contributed by atoms with Crippen LogP contribution in [0.25, 0.3) is 0 Å².